The van der Waals surface area contributed by atoms with Crippen molar-refractivity contribution in [2.24, 2.45) is 16.8 Å². The molecule has 4 heteroatoms. The minimum Gasteiger partial charge on any atom is -0.409 e. The Balaban J connectivity index is 1.92. The lowest BCUT2D eigenvalue weighted by molar-refractivity contribution is 0.318. The summed E-state index contributed by atoms with van der Waals surface area (Å²) in [6, 6.07) is 7.87. The van der Waals surface area contributed by atoms with Crippen LogP contribution in [0.1, 0.15) is 36.8 Å². The highest BCUT2D eigenvalue weighted by atomic mass is 32.2. The van der Waals surface area contributed by atoms with Gasteiger partial charge in [0.2, 0.25) is 0 Å². The van der Waals surface area contributed by atoms with E-state index in [1.54, 1.807) is 0 Å². The molecule has 0 spiro atoms. The number of rotatable bonds is 5. The van der Waals surface area contributed by atoms with Gasteiger partial charge in [0.15, 0.2) is 5.84 Å². The van der Waals surface area contributed by atoms with Gasteiger partial charge in [-0.3, -0.25) is 0 Å². The van der Waals surface area contributed by atoms with Crippen molar-refractivity contribution in [2.45, 2.75) is 31.4 Å². The fraction of sp³-hybridized carbons (Fsp3) is 0.500. The summed E-state index contributed by atoms with van der Waals surface area (Å²) in [7, 11) is 0. The van der Waals surface area contributed by atoms with E-state index in [1.807, 2.05) is 30.0 Å². The standard InChI is InChI=1S/C14H20N2OS/c15-14(16-17)13-8-4-3-7-12(13)10-18-9-11-5-1-2-6-11/h3-4,7-8,11,17H,1-2,5-6,9-10H2,(H2,15,16). The Morgan fingerprint density at radius 1 is 1.33 bits per heavy atom. The minimum atomic E-state index is 0.201. The van der Waals surface area contributed by atoms with Crippen LogP contribution in [0.4, 0.5) is 0 Å². The second-order valence-corrected chi connectivity index (χ2v) is 5.84. The SMILES string of the molecule is NC(=NO)c1ccccc1CSCC1CCCC1. The first kappa shape index (κ1) is 13.3. The Morgan fingerprint density at radius 2 is 2.06 bits per heavy atom. The maximum Gasteiger partial charge on any atom is 0.170 e. The topological polar surface area (TPSA) is 58.6 Å². The van der Waals surface area contributed by atoms with Crippen LogP contribution in [0.25, 0.3) is 0 Å². The third kappa shape index (κ3) is 3.42. The van der Waals surface area contributed by atoms with Crippen LogP contribution < -0.4 is 5.73 Å². The maximum atomic E-state index is 8.77. The molecule has 0 heterocycles. The van der Waals surface area contributed by atoms with Gasteiger partial charge in [-0.25, -0.2) is 0 Å². The van der Waals surface area contributed by atoms with Gasteiger partial charge in [0.05, 0.1) is 0 Å². The summed E-state index contributed by atoms with van der Waals surface area (Å²) < 4.78 is 0. The molecule has 0 unspecified atom stereocenters. The summed E-state index contributed by atoms with van der Waals surface area (Å²) in [4.78, 5) is 0. The molecular formula is C14H20N2OS. The number of hydrogen-bond donors (Lipinski definition) is 2. The largest absolute Gasteiger partial charge is 0.409 e. The summed E-state index contributed by atoms with van der Waals surface area (Å²) >= 11 is 1.95. The zero-order valence-electron chi connectivity index (χ0n) is 10.5. The molecule has 1 aromatic carbocycles. The molecule has 0 aromatic heterocycles. The predicted molar refractivity (Wildman–Crippen MR) is 77.1 cm³/mol. The zero-order valence-corrected chi connectivity index (χ0v) is 11.3. The van der Waals surface area contributed by atoms with E-state index in [0.717, 1.165) is 22.8 Å². The first-order chi connectivity index (χ1) is 8.81. The van der Waals surface area contributed by atoms with Crippen molar-refractivity contribution in [1.29, 1.82) is 0 Å². The van der Waals surface area contributed by atoms with E-state index in [0.29, 0.717) is 0 Å². The van der Waals surface area contributed by atoms with Crippen LogP contribution in [0, 0.1) is 5.92 Å². The quantitative estimate of drug-likeness (QED) is 0.371. The molecule has 1 aromatic rings. The van der Waals surface area contributed by atoms with Gasteiger partial charge in [-0.05, 0) is 30.1 Å². The van der Waals surface area contributed by atoms with Gasteiger partial charge in [-0.1, -0.05) is 42.3 Å². The summed E-state index contributed by atoms with van der Waals surface area (Å²) in [6.07, 6.45) is 5.56. The number of oxime groups is 1. The first-order valence-corrected chi connectivity index (χ1v) is 7.60. The van der Waals surface area contributed by atoms with Crippen LogP contribution >= 0.6 is 11.8 Å². The van der Waals surface area contributed by atoms with Gasteiger partial charge in [0.1, 0.15) is 0 Å². The van der Waals surface area contributed by atoms with Gasteiger partial charge >= 0.3 is 0 Å². The Morgan fingerprint density at radius 3 is 2.78 bits per heavy atom. The van der Waals surface area contributed by atoms with Crippen LogP contribution in [0.2, 0.25) is 0 Å². The molecule has 0 radical (unpaired) electrons. The van der Waals surface area contributed by atoms with E-state index in [4.69, 9.17) is 10.9 Å². The lowest BCUT2D eigenvalue weighted by atomic mass is 10.1. The molecule has 3 nitrogen and oxygen atoms in total. The average Bonchev–Trinajstić information content (AvgIpc) is 2.92. The van der Waals surface area contributed by atoms with E-state index in [2.05, 4.69) is 11.2 Å². The van der Waals surface area contributed by atoms with Gasteiger partial charge < -0.3 is 10.9 Å². The van der Waals surface area contributed by atoms with Gasteiger partial charge in [0, 0.05) is 11.3 Å². The molecule has 2 rings (SSSR count). The van der Waals surface area contributed by atoms with Crippen LogP contribution in [-0.4, -0.2) is 16.8 Å². The molecule has 3 N–H and O–H groups in total. The Hall–Kier alpha value is -1.16. The van der Waals surface area contributed by atoms with Crippen LogP contribution in [0.5, 0.6) is 0 Å². The highest BCUT2D eigenvalue weighted by Crippen LogP contribution is 2.29. The van der Waals surface area contributed by atoms with Crippen LogP contribution in [0.15, 0.2) is 29.4 Å². The smallest absolute Gasteiger partial charge is 0.170 e. The number of amidine groups is 1. The molecule has 18 heavy (non-hydrogen) atoms. The molecular weight excluding hydrogens is 244 g/mol. The van der Waals surface area contributed by atoms with Crippen LogP contribution in [0.3, 0.4) is 0 Å². The Labute approximate surface area is 112 Å². The summed E-state index contributed by atoms with van der Waals surface area (Å²) in [5.74, 6) is 3.26. The fourth-order valence-electron chi connectivity index (χ4n) is 2.46. The number of nitrogens with zero attached hydrogens (tertiary/aromatic N) is 1. The molecule has 0 bridgehead atoms. The van der Waals surface area contributed by atoms with E-state index in [-0.39, 0.29) is 5.84 Å². The maximum absolute atomic E-state index is 8.77. The van der Waals surface area contributed by atoms with Crippen molar-refractivity contribution in [2.75, 3.05) is 5.75 Å². The highest BCUT2D eigenvalue weighted by Gasteiger charge is 2.15. The van der Waals surface area contributed by atoms with E-state index >= 15 is 0 Å². The normalized spacial score (nSPS) is 17.2. The number of nitrogens with two attached hydrogens (primary N) is 1. The molecule has 1 aliphatic rings. The van der Waals surface area contributed by atoms with Crippen molar-refractivity contribution in [3.8, 4) is 0 Å². The van der Waals surface area contributed by atoms with Crippen molar-refractivity contribution in [3.05, 3.63) is 35.4 Å². The van der Waals surface area contributed by atoms with E-state index < -0.39 is 0 Å². The molecule has 0 saturated heterocycles. The van der Waals surface area contributed by atoms with E-state index in [9.17, 15) is 0 Å². The van der Waals surface area contributed by atoms with E-state index in [1.165, 1.54) is 31.4 Å². The minimum absolute atomic E-state index is 0.201. The molecule has 0 amide bonds. The third-order valence-corrected chi connectivity index (χ3v) is 4.71. The lowest BCUT2D eigenvalue weighted by Gasteiger charge is -2.10. The number of hydrogen-bond acceptors (Lipinski definition) is 3. The molecule has 1 fully saturated rings. The van der Waals surface area contributed by atoms with Crippen molar-refractivity contribution in [1.82, 2.24) is 0 Å². The number of benzene rings is 1. The second-order valence-electron chi connectivity index (χ2n) is 4.81. The highest BCUT2D eigenvalue weighted by molar-refractivity contribution is 7.98. The van der Waals surface area contributed by atoms with Gasteiger partial charge in [-0.15, -0.1) is 0 Å². The van der Waals surface area contributed by atoms with Crippen molar-refractivity contribution >= 4 is 17.6 Å². The average molecular weight is 264 g/mol. The molecule has 1 saturated carbocycles. The monoisotopic (exact) mass is 264 g/mol. The second kappa shape index (κ2) is 6.69. The summed E-state index contributed by atoms with van der Waals surface area (Å²) in [5, 5.41) is 11.9. The Kier molecular flexibility index (Phi) is 4.93. The van der Waals surface area contributed by atoms with Gasteiger partial charge in [0.25, 0.3) is 0 Å². The molecule has 98 valence electrons. The van der Waals surface area contributed by atoms with Crippen molar-refractivity contribution in [3.63, 3.8) is 0 Å². The van der Waals surface area contributed by atoms with Crippen molar-refractivity contribution < 1.29 is 5.21 Å². The zero-order chi connectivity index (χ0) is 12.8. The fourth-order valence-corrected chi connectivity index (χ4v) is 3.72. The summed E-state index contributed by atoms with van der Waals surface area (Å²) in [5.41, 5.74) is 7.67. The van der Waals surface area contributed by atoms with Gasteiger partial charge in [-0.2, -0.15) is 11.8 Å². The Bertz CT molecular complexity index is 414. The lowest BCUT2D eigenvalue weighted by Crippen LogP contribution is -2.15. The molecule has 0 atom stereocenters. The molecule has 0 aliphatic heterocycles. The first-order valence-electron chi connectivity index (χ1n) is 6.45. The summed E-state index contributed by atoms with van der Waals surface area (Å²) in [6.45, 7) is 0. The molecule has 1 aliphatic carbocycles. The predicted octanol–water partition coefficient (Wildman–Crippen LogP) is 3.20. The third-order valence-electron chi connectivity index (χ3n) is 3.49. The van der Waals surface area contributed by atoms with Crippen LogP contribution in [-0.2, 0) is 5.75 Å². The number of thioether (sulfide) groups is 1.